The van der Waals surface area contributed by atoms with Crippen LogP contribution >= 0.6 is 23.1 Å². The van der Waals surface area contributed by atoms with Gasteiger partial charge in [-0.3, -0.25) is 0 Å². The topological polar surface area (TPSA) is 88.8 Å². The number of aliphatic carboxylic acids is 1. The second kappa shape index (κ2) is 11.2. The van der Waals surface area contributed by atoms with Gasteiger partial charge in [-0.15, -0.1) is 11.3 Å². The van der Waals surface area contributed by atoms with E-state index < -0.39 is 23.7 Å². The zero-order valence-corrected chi connectivity index (χ0v) is 23.5. The number of hydrogen-bond acceptors (Lipinski definition) is 6. The van der Waals surface area contributed by atoms with Gasteiger partial charge in [0.15, 0.2) is 0 Å². The van der Waals surface area contributed by atoms with E-state index in [0.29, 0.717) is 5.75 Å². The molecule has 0 aliphatic heterocycles. The number of amides is 1. The van der Waals surface area contributed by atoms with Crippen LogP contribution in [0.1, 0.15) is 25.6 Å². The largest absolute Gasteiger partial charge is 0.480 e. The summed E-state index contributed by atoms with van der Waals surface area (Å²) in [6.07, 6.45) is -0.728. The van der Waals surface area contributed by atoms with Crippen LogP contribution in [0.5, 0.6) is 0 Å². The van der Waals surface area contributed by atoms with Crippen molar-refractivity contribution in [1.82, 2.24) is 5.32 Å². The van der Waals surface area contributed by atoms with E-state index in [-0.39, 0.29) is 5.75 Å². The number of carboxylic acids is 1. The minimum absolute atomic E-state index is 0.240. The minimum Gasteiger partial charge on any atom is -0.480 e. The summed E-state index contributed by atoms with van der Waals surface area (Å²) in [7, 11) is 0. The van der Waals surface area contributed by atoms with Crippen LogP contribution in [0.4, 0.5) is 4.79 Å². The highest BCUT2D eigenvalue weighted by Gasteiger charge is 2.24. The van der Waals surface area contributed by atoms with Crippen molar-refractivity contribution in [2.75, 3.05) is 5.75 Å². The fourth-order valence-corrected chi connectivity index (χ4v) is 6.47. The molecule has 3 aromatic carbocycles. The molecule has 8 heteroatoms. The van der Waals surface area contributed by atoms with Gasteiger partial charge in [0.2, 0.25) is 0 Å². The molecule has 0 bridgehead atoms. The Morgan fingerprint density at radius 2 is 1.67 bits per heavy atom. The lowest BCUT2D eigenvalue weighted by Gasteiger charge is -2.21. The molecular weight excluding hydrogens is 530 g/mol. The minimum atomic E-state index is -1.08. The van der Waals surface area contributed by atoms with Crippen LogP contribution in [0.25, 0.3) is 43.5 Å². The number of carboxylic acid groups (broad SMARTS) is 1. The number of thioether (sulfide) groups is 1. The number of ether oxygens (including phenoxy) is 1. The summed E-state index contributed by atoms with van der Waals surface area (Å²) >= 11 is 3.14. The standard InChI is InChI=1S/C31H29NO5S2/c1-31(2,3)37-30(35)32-25(29(33)34)18-38-17-21-15-16-27(39-21)20-13-11-19(12-14-20)22-8-6-9-24-23-7-4-5-10-26(23)36-28(22)24/h4-16,25H,17-18H2,1-3H3,(H,32,35)(H,33,34). The summed E-state index contributed by atoms with van der Waals surface area (Å²) in [5.74, 6) is -0.195. The zero-order chi connectivity index (χ0) is 27.6. The van der Waals surface area contributed by atoms with Gasteiger partial charge < -0.3 is 19.6 Å². The maximum absolute atomic E-state index is 12.0. The number of hydrogen-bond donors (Lipinski definition) is 2. The number of rotatable bonds is 8. The van der Waals surface area contributed by atoms with E-state index in [1.165, 1.54) is 11.8 Å². The Kier molecular flexibility index (Phi) is 7.68. The Hall–Kier alpha value is -3.75. The summed E-state index contributed by atoms with van der Waals surface area (Å²) < 4.78 is 11.4. The van der Waals surface area contributed by atoms with Crippen LogP contribution in [0, 0.1) is 0 Å². The van der Waals surface area contributed by atoms with Crippen molar-refractivity contribution in [1.29, 1.82) is 0 Å². The number of alkyl carbamates (subject to hydrolysis) is 1. The van der Waals surface area contributed by atoms with Crippen molar-refractivity contribution >= 4 is 57.1 Å². The highest BCUT2D eigenvalue weighted by atomic mass is 32.2. The predicted molar refractivity (Wildman–Crippen MR) is 159 cm³/mol. The number of benzene rings is 3. The van der Waals surface area contributed by atoms with Crippen molar-refractivity contribution < 1.29 is 23.8 Å². The first kappa shape index (κ1) is 26.8. The monoisotopic (exact) mass is 559 g/mol. The smallest absolute Gasteiger partial charge is 0.408 e. The molecule has 2 heterocycles. The van der Waals surface area contributed by atoms with Crippen LogP contribution in [0.3, 0.4) is 0 Å². The highest BCUT2D eigenvalue weighted by Crippen LogP contribution is 2.37. The fraction of sp³-hybridized carbons (Fsp3) is 0.226. The lowest BCUT2D eigenvalue weighted by atomic mass is 10.0. The average molecular weight is 560 g/mol. The summed E-state index contributed by atoms with van der Waals surface area (Å²) in [6, 6.07) is 25.9. The molecule has 1 amide bonds. The number of fused-ring (bicyclic) bond motifs is 3. The molecule has 6 nitrogen and oxygen atoms in total. The molecule has 1 atom stereocenters. The summed E-state index contributed by atoms with van der Waals surface area (Å²) in [6.45, 7) is 5.21. The first-order chi connectivity index (χ1) is 18.7. The first-order valence-corrected chi connectivity index (χ1v) is 14.5. The summed E-state index contributed by atoms with van der Waals surface area (Å²) in [5.41, 5.74) is 4.36. The number of furan rings is 1. The fourth-order valence-electron chi connectivity index (χ4n) is 4.30. The number of para-hydroxylation sites is 2. The van der Waals surface area contributed by atoms with Crippen LogP contribution < -0.4 is 5.32 Å². The van der Waals surface area contributed by atoms with Gasteiger partial charge in [0, 0.05) is 37.6 Å². The second-order valence-corrected chi connectivity index (χ2v) is 12.4. The van der Waals surface area contributed by atoms with Crippen molar-refractivity contribution in [3.63, 3.8) is 0 Å². The van der Waals surface area contributed by atoms with E-state index in [0.717, 1.165) is 48.4 Å². The number of carbonyl (C=O) groups is 2. The molecule has 2 aromatic heterocycles. The number of thiophene rings is 1. The van der Waals surface area contributed by atoms with Crippen molar-refractivity contribution in [2.24, 2.45) is 0 Å². The molecule has 5 rings (SSSR count). The Morgan fingerprint density at radius 1 is 0.949 bits per heavy atom. The molecule has 2 N–H and O–H groups in total. The SMILES string of the molecule is CC(C)(C)OC(=O)NC(CSCc1ccc(-c2ccc(-c3cccc4c3oc3ccccc34)cc2)s1)C(=O)O. The molecule has 0 fully saturated rings. The Bertz CT molecular complexity index is 1630. The summed E-state index contributed by atoms with van der Waals surface area (Å²) in [4.78, 5) is 25.8. The third-order valence-corrected chi connectivity index (χ3v) is 8.47. The van der Waals surface area contributed by atoms with E-state index >= 15 is 0 Å². The number of carbonyl (C=O) groups excluding carboxylic acids is 1. The van der Waals surface area contributed by atoms with E-state index in [4.69, 9.17) is 9.15 Å². The van der Waals surface area contributed by atoms with Gasteiger partial charge in [0.1, 0.15) is 22.8 Å². The van der Waals surface area contributed by atoms with Crippen LogP contribution in [0.2, 0.25) is 0 Å². The molecule has 0 aliphatic carbocycles. The second-order valence-electron chi connectivity index (χ2n) is 10.2. The van der Waals surface area contributed by atoms with Gasteiger partial charge in [-0.2, -0.15) is 11.8 Å². The third-order valence-electron chi connectivity index (χ3n) is 6.06. The zero-order valence-electron chi connectivity index (χ0n) is 21.9. The van der Waals surface area contributed by atoms with Crippen LogP contribution in [-0.2, 0) is 15.3 Å². The van der Waals surface area contributed by atoms with Gasteiger partial charge in [-0.1, -0.05) is 60.7 Å². The highest BCUT2D eigenvalue weighted by molar-refractivity contribution is 7.98. The van der Waals surface area contributed by atoms with Crippen molar-refractivity contribution in [3.05, 3.63) is 83.7 Å². The van der Waals surface area contributed by atoms with Gasteiger partial charge in [0.05, 0.1) is 0 Å². The van der Waals surface area contributed by atoms with Crippen molar-refractivity contribution in [3.8, 4) is 21.6 Å². The summed E-state index contributed by atoms with van der Waals surface area (Å²) in [5, 5.41) is 14.2. The molecule has 39 heavy (non-hydrogen) atoms. The third kappa shape index (κ3) is 6.29. The molecule has 0 aliphatic rings. The lowest BCUT2D eigenvalue weighted by Crippen LogP contribution is -2.44. The van der Waals surface area contributed by atoms with Gasteiger partial charge in [-0.25, -0.2) is 9.59 Å². The normalized spacial score (nSPS) is 12.5. The van der Waals surface area contributed by atoms with Crippen LogP contribution in [-0.4, -0.2) is 34.6 Å². The Balaban J connectivity index is 1.24. The molecule has 0 saturated carbocycles. The lowest BCUT2D eigenvalue weighted by molar-refractivity contribution is -0.138. The van der Waals surface area contributed by atoms with Gasteiger partial charge >= 0.3 is 12.1 Å². The molecule has 0 radical (unpaired) electrons. The predicted octanol–water partition coefficient (Wildman–Crippen LogP) is 8.19. The van der Waals surface area contributed by atoms with Crippen LogP contribution in [0.15, 0.2) is 83.3 Å². The first-order valence-electron chi connectivity index (χ1n) is 12.6. The van der Waals surface area contributed by atoms with E-state index in [1.54, 1.807) is 32.1 Å². The molecule has 1 unspecified atom stereocenters. The van der Waals surface area contributed by atoms with Gasteiger partial charge in [0.25, 0.3) is 0 Å². The quantitative estimate of drug-likeness (QED) is 0.199. The molecule has 5 aromatic rings. The Morgan fingerprint density at radius 3 is 2.41 bits per heavy atom. The van der Waals surface area contributed by atoms with E-state index in [2.05, 4.69) is 66.0 Å². The van der Waals surface area contributed by atoms with Crippen molar-refractivity contribution in [2.45, 2.75) is 38.2 Å². The maximum atomic E-state index is 12.0. The Labute approximate surface area is 235 Å². The molecule has 200 valence electrons. The molecular formula is C31H29NO5S2. The maximum Gasteiger partial charge on any atom is 0.408 e. The molecule has 0 saturated heterocycles. The number of nitrogens with one attached hydrogen (secondary N) is 1. The molecule has 0 spiro atoms. The average Bonchev–Trinajstić information content (AvgIpc) is 3.52. The van der Waals surface area contributed by atoms with E-state index in [1.807, 2.05) is 18.2 Å². The van der Waals surface area contributed by atoms with E-state index in [9.17, 15) is 14.7 Å². The van der Waals surface area contributed by atoms with Gasteiger partial charge in [-0.05, 0) is 50.1 Å².